The average Bonchev–Trinajstić information content (AvgIpc) is 3.62. The van der Waals surface area contributed by atoms with Crippen LogP contribution in [0.15, 0.2) is 48.9 Å². The molecule has 0 saturated heterocycles. The first kappa shape index (κ1) is 19.4. The highest BCUT2D eigenvalue weighted by Gasteiger charge is 2.30. The molecular weight excluding hydrogens is 462 g/mol. The first-order valence-corrected chi connectivity index (χ1v) is 11.0. The van der Waals surface area contributed by atoms with E-state index in [0.717, 1.165) is 24.1 Å². The van der Waals surface area contributed by atoms with Crippen LogP contribution in [-0.4, -0.2) is 56.3 Å². The van der Waals surface area contributed by atoms with Gasteiger partial charge in [0.25, 0.3) is 5.91 Å². The number of methoxy groups -OCH3 is 1. The monoisotopic (exact) mass is 488 g/mol. The van der Waals surface area contributed by atoms with Gasteiger partial charge in [0.1, 0.15) is 0 Å². The van der Waals surface area contributed by atoms with E-state index in [0.29, 0.717) is 22.8 Å². The van der Waals surface area contributed by atoms with E-state index in [1.54, 1.807) is 42.9 Å². The number of nitrogens with zero attached hydrogens (tertiary/aromatic N) is 5. The molecule has 182 valence electrons. The zero-order valence-electron chi connectivity index (χ0n) is 22.1. The number of para-hydroxylation sites is 1. The van der Waals surface area contributed by atoms with Crippen LogP contribution in [0, 0.1) is 5.92 Å². The number of amides is 2. The van der Waals surface area contributed by atoms with Crippen LogP contribution < -0.4 is 20.7 Å². The van der Waals surface area contributed by atoms with E-state index >= 15 is 0 Å². The van der Waals surface area contributed by atoms with Gasteiger partial charge in [0.15, 0.2) is 23.1 Å². The van der Waals surface area contributed by atoms with E-state index < -0.39 is 12.9 Å². The SMILES string of the molecule is [2H]C([2H])([2H])NC(=O)c1nnc(NC(=O)C2CC2)cc1Nc1cccc(-c2ncc(-c3ccn[nH]3)cn2)c1OC. The van der Waals surface area contributed by atoms with Gasteiger partial charge >= 0.3 is 0 Å². The summed E-state index contributed by atoms with van der Waals surface area (Å²) in [5, 5.41) is 22.2. The zero-order valence-corrected chi connectivity index (χ0v) is 19.1. The van der Waals surface area contributed by atoms with Gasteiger partial charge in [-0.1, -0.05) is 6.07 Å². The number of aromatic amines is 1. The summed E-state index contributed by atoms with van der Waals surface area (Å²) in [5.74, 6) is -0.423. The third kappa shape index (κ3) is 4.69. The van der Waals surface area contributed by atoms with E-state index in [4.69, 9.17) is 8.85 Å². The molecule has 2 amide bonds. The maximum absolute atomic E-state index is 12.7. The Morgan fingerprint density at radius 2 is 1.97 bits per heavy atom. The van der Waals surface area contributed by atoms with E-state index in [-0.39, 0.29) is 29.0 Å². The van der Waals surface area contributed by atoms with Crippen molar-refractivity contribution in [2.75, 3.05) is 24.7 Å². The average molecular weight is 489 g/mol. The summed E-state index contributed by atoms with van der Waals surface area (Å²) in [5.41, 5.74) is 2.29. The van der Waals surface area contributed by atoms with Crippen molar-refractivity contribution in [2.24, 2.45) is 5.92 Å². The molecule has 0 radical (unpaired) electrons. The number of benzene rings is 1. The Balaban J connectivity index is 1.49. The molecule has 0 bridgehead atoms. The zero-order chi connectivity index (χ0) is 27.6. The molecule has 1 saturated carbocycles. The molecule has 1 fully saturated rings. The summed E-state index contributed by atoms with van der Waals surface area (Å²) in [6.07, 6.45) is 6.50. The van der Waals surface area contributed by atoms with Crippen molar-refractivity contribution in [1.82, 2.24) is 35.7 Å². The van der Waals surface area contributed by atoms with E-state index in [9.17, 15) is 9.59 Å². The molecule has 0 spiro atoms. The van der Waals surface area contributed by atoms with Gasteiger partial charge in [0, 0.05) is 47.2 Å². The molecule has 1 aliphatic carbocycles. The Labute approximate surface area is 210 Å². The molecule has 12 heteroatoms. The van der Waals surface area contributed by atoms with Crippen molar-refractivity contribution in [2.45, 2.75) is 12.8 Å². The number of hydrogen-bond acceptors (Lipinski definition) is 9. The highest BCUT2D eigenvalue weighted by molar-refractivity contribution is 6.00. The number of nitrogens with one attached hydrogen (secondary N) is 4. The van der Waals surface area contributed by atoms with Crippen molar-refractivity contribution in [3.05, 3.63) is 54.6 Å². The fourth-order valence-corrected chi connectivity index (χ4v) is 3.55. The Kier molecular flexibility index (Phi) is 5.28. The molecule has 4 aromatic rings. The first-order valence-electron chi connectivity index (χ1n) is 12.5. The number of aromatic nitrogens is 6. The van der Waals surface area contributed by atoms with Crippen LogP contribution in [0.4, 0.5) is 17.2 Å². The number of ether oxygens (including phenoxy) is 1. The quantitative estimate of drug-likeness (QED) is 0.292. The fraction of sp³-hybridized carbons (Fsp3) is 0.208. The van der Waals surface area contributed by atoms with Crippen molar-refractivity contribution >= 4 is 29.0 Å². The Bertz CT molecular complexity index is 1510. The van der Waals surface area contributed by atoms with Crippen LogP contribution in [0.5, 0.6) is 5.75 Å². The number of H-pyrrole nitrogens is 1. The third-order valence-corrected chi connectivity index (χ3v) is 5.51. The second kappa shape index (κ2) is 9.78. The predicted octanol–water partition coefficient (Wildman–Crippen LogP) is 2.78. The maximum atomic E-state index is 12.7. The number of rotatable bonds is 8. The molecule has 1 aromatic carbocycles. The summed E-state index contributed by atoms with van der Waals surface area (Å²) in [4.78, 5) is 33.9. The summed E-state index contributed by atoms with van der Waals surface area (Å²) < 4.78 is 27.8. The number of carbonyl (C=O) groups excluding carboxylic acids is 2. The standard InChI is InChI=1S/C24H23N9O3/c1-25-24(35)20-18(10-19(32-33-20)30-23(34)13-6-7-13)29-17-5-3-4-15(21(17)36-2)22-26-11-14(12-27-22)16-8-9-28-31-16/h3-5,8-13H,6-7H2,1-2H3,(H,25,35)(H,28,31)(H2,29,30,32,34)/i1D3. The molecule has 12 nitrogen and oxygen atoms in total. The van der Waals surface area contributed by atoms with Crippen molar-refractivity contribution in [1.29, 1.82) is 0 Å². The van der Waals surface area contributed by atoms with E-state index in [2.05, 4.69) is 41.0 Å². The van der Waals surface area contributed by atoms with E-state index in [1.165, 1.54) is 13.2 Å². The maximum Gasteiger partial charge on any atom is 0.273 e. The minimum atomic E-state index is -2.74. The van der Waals surface area contributed by atoms with Gasteiger partial charge < -0.3 is 20.7 Å². The molecular formula is C24H23N9O3. The van der Waals surface area contributed by atoms with Gasteiger partial charge in [-0.3, -0.25) is 14.7 Å². The molecule has 0 atom stereocenters. The highest BCUT2D eigenvalue weighted by Crippen LogP contribution is 2.37. The molecule has 0 aliphatic heterocycles. The lowest BCUT2D eigenvalue weighted by molar-refractivity contribution is -0.117. The van der Waals surface area contributed by atoms with Crippen molar-refractivity contribution in [3.8, 4) is 28.4 Å². The highest BCUT2D eigenvalue weighted by atomic mass is 16.5. The largest absolute Gasteiger partial charge is 0.494 e. The normalized spacial score (nSPS) is 14.2. The fourth-order valence-electron chi connectivity index (χ4n) is 3.55. The molecule has 5 rings (SSSR count). The molecule has 4 N–H and O–H groups in total. The van der Waals surface area contributed by atoms with Gasteiger partial charge in [0.05, 0.1) is 29.7 Å². The lowest BCUT2D eigenvalue weighted by Gasteiger charge is -2.16. The lowest BCUT2D eigenvalue weighted by atomic mass is 10.1. The van der Waals surface area contributed by atoms with Gasteiger partial charge in [0.2, 0.25) is 5.91 Å². The molecule has 1 aliphatic rings. The summed E-state index contributed by atoms with van der Waals surface area (Å²) in [7, 11) is 1.47. The Hall–Kier alpha value is -4.87. The van der Waals surface area contributed by atoms with Crippen LogP contribution >= 0.6 is 0 Å². The summed E-state index contributed by atoms with van der Waals surface area (Å²) in [6.45, 7) is -2.74. The van der Waals surface area contributed by atoms with E-state index in [1.807, 2.05) is 5.32 Å². The van der Waals surface area contributed by atoms with Crippen LogP contribution in [0.1, 0.15) is 27.4 Å². The van der Waals surface area contributed by atoms with Crippen LogP contribution in [0.25, 0.3) is 22.6 Å². The number of anilines is 3. The van der Waals surface area contributed by atoms with Gasteiger partial charge in [-0.25, -0.2) is 9.97 Å². The van der Waals surface area contributed by atoms with Crippen LogP contribution in [0.3, 0.4) is 0 Å². The van der Waals surface area contributed by atoms with Crippen molar-refractivity contribution < 1.29 is 18.4 Å². The summed E-state index contributed by atoms with van der Waals surface area (Å²) >= 11 is 0. The Morgan fingerprint density at radius 1 is 1.14 bits per heavy atom. The van der Waals surface area contributed by atoms with Gasteiger partial charge in [-0.2, -0.15) is 5.10 Å². The molecule has 36 heavy (non-hydrogen) atoms. The van der Waals surface area contributed by atoms with Gasteiger partial charge in [-0.15, -0.1) is 10.2 Å². The van der Waals surface area contributed by atoms with Crippen molar-refractivity contribution in [3.63, 3.8) is 0 Å². The smallest absolute Gasteiger partial charge is 0.273 e. The second-order valence-corrected chi connectivity index (χ2v) is 7.99. The lowest BCUT2D eigenvalue weighted by Crippen LogP contribution is -2.22. The van der Waals surface area contributed by atoms with Crippen LogP contribution in [0.2, 0.25) is 0 Å². The minimum absolute atomic E-state index is 0.0850. The van der Waals surface area contributed by atoms with Crippen LogP contribution in [-0.2, 0) is 4.79 Å². The second-order valence-electron chi connectivity index (χ2n) is 7.99. The molecule has 0 unspecified atom stereocenters. The topological polar surface area (TPSA) is 160 Å². The predicted molar refractivity (Wildman–Crippen MR) is 132 cm³/mol. The number of hydrogen-bond donors (Lipinski definition) is 4. The first-order chi connectivity index (χ1) is 18.7. The molecule has 3 heterocycles. The Morgan fingerprint density at radius 3 is 2.67 bits per heavy atom. The molecule has 3 aromatic heterocycles. The number of carbonyl (C=O) groups is 2. The minimum Gasteiger partial charge on any atom is -0.494 e. The third-order valence-electron chi connectivity index (χ3n) is 5.51. The van der Waals surface area contributed by atoms with Gasteiger partial charge in [-0.05, 0) is 31.0 Å². The summed E-state index contributed by atoms with van der Waals surface area (Å²) in [6, 6.07) is 8.40.